The average Bonchev–Trinajstić information content (AvgIpc) is 2.58. The van der Waals surface area contributed by atoms with E-state index in [0.29, 0.717) is 5.69 Å². The average molecular weight is 317 g/mol. The third kappa shape index (κ3) is 3.75. The molecule has 0 unspecified atom stereocenters. The normalized spacial score (nSPS) is 9.48. The predicted molar refractivity (Wildman–Crippen MR) is 91.2 cm³/mol. The first kappa shape index (κ1) is 17.9. The first-order valence-corrected chi connectivity index (χ1v) is 6.55. The first-order valence-electron chi connectivity index (χ1n) is 6.55. The molecular weight excluding hydrogens is 298 g/mol. The van der Waals surface area contributed by atoms with Gasteiger partial charge in [0.1, 0.15) is 5.69 Å². The van der Waals surface area contributed by atoms with Gasteiger partial charge in [0.15, 0.2) is 23.0 Å². The van der Waals surface area contributed by atoms with Gasteiger partial charge in [0.2, 0.25) is 0 Å². The molecule has 2 rings (SSSR count). The molecule has 6 heteroatoms. The minimum Gasteiger partial charge on any atom is -0.504 e. The highest BCUT2D eigenvalue weighted by Crippen LogP contribution is 2.47. The Bertz CT molecular complexity index is 699. The van der Waals surface area contributed by atoms with Gasteiger partial charge in [0.05, 0.1) is 0 Å². The second-order valence-electron chi connectivity index (χ2n) is 4.36. The van der Waals surface area contributed by atoms with Crippen molar-refractivity contribution in [2.75, 3.05) is 12.4 Å². The second-order valence-corrected chi connectivity index (χ2v) is 4.36. The minimum atomic E-state index is -0.557. The maximum atomic E-state index is 9.77. The van der Waals surface area contributed by atoms with Crippen LogP contribution in [0.1, 0.15) is 11.1 Å². The van der Waals surface area contributed by atoms with Crippen molar-refractivity contribution in [2.24, 2.45) is 0 Å². The van der Waals surface area contributed by atoms with Crippen molar-refractivity contribution in [3.63, 3.8) is 0 Å². The topological polar surface area (TPSA) is 113 Å². The standard InChI is InChI=1S/C16H15NO4.CH4O/c1-3-9-5-6-11(7-10(9)4-2)17-14-15(20)12(18)8-13(19)16(14)21;1-2/h3-8,17-21H,1-2H2;2H,1H3. The van der Waals surface area contributed by atoms with Crippen LogP contribution in [0, 0.1) is 0 Å². The number of benzene rings is 2. The number of aliphatic hydroxyl groups is 1. The summed E-state index contributed by atoms with van der Waals surface area (Å²) in [5.74, 6) is -2.20. The number of aromatic hydroxyl groups is 4. The van der Waals surface area contributed by atoms with E-state index in [1.165, 1.54) is 0 Å². The van der Waals surface area contributed by atoms with Gasteiger partial charge < -0.3 is 30.8 Å². The fraction of sp³-hybridized carbons (Fsp3) is 0.0588. The number of rotatable bonds is 4. The van der Waals surface area contributed by atoms with Gasteiger partial charge >= 0.3 is 0 Å². The Labute approximate surface area is 133 Å². The van der Waals surface area contributed by atoms with Crippen molar-refractivity contribution in [2.45, 2.75) is 0 Å². The van der Waals surface area contributed by atoms with Gasteiger partial charge in [-0.2, -0.15) is 0 Å². The monoisotopic (exact) mass is 317 g/mol. The molecule has 6 N–H and O–H groups in total. The summed E-state index contributed by atoms with van der Waals surface area (Å²) in [7, 11) is 1.00. The quantitative estimate of drug-likeness (QED) is 0.381. The molecule has 6 nitrogen and oxygen atoms in total. The Balaban J connectivity index is 0.00000127. The summed E-state index contributed by atoms with van der Waals surface area (Å²) in [5, 5.41) is 48.2. The molecule has 0 aliphatic heterocycles. The fourth-order valence-corrected chi connectivity index (χ4v) is 1.91. The molecule has 2 aromatic carbocycles. The van der Waals surface area contributed by atoms with E-state index in [4.69, 9.17) is 5.11 Å². The fourth-order valence-electron chi connectivity index (χ4n) is 1.91. The van der Waals surface area contributed by atoms with E-state index >= 15 is 0 Å². The zero-order valence-corrected chi connectivity index (χ0v) is 12.6. The van der Waals surface area contributed by atoms with E-state index in [9.17, 15) is 20.4 Å². The molecule has 0 heterocycles. The molecule has 0 bridgehead atoms. The van der Waals surface area contributed by atoms with Gasteiger partial charge in [-0.25, -0.2) is 0 Å². The summed E-state index contributed by atoms with van der Waals surface area (Å²) < 4.78 is 0. The van der Waals surface area contributed by atoms with E-state index in [-0.39, 0.29) is 5.69 Å². The molecule has 0 saturated carbocycles. The maximum Gasteiger partial charge on any atom is 0.185 e. The minimum absolute atomic E-state index is 0.186. The summed E-state index contributed by atoms with van der Waals surface area (Å²) in [6.45, 7) is 7.39. The highest BCUT2D eigenvalue weighted by Gasteiger charge is 2.17. The van der Waals surface area contributed by atoms with Gasteiger partial charge in [0.25, 0.3) is 0 Å². The van der Waals surface area contributed by atoms with E-state index in [0.717, 1.165) is 24.3 Å². The number of phenolic OH excluding ortho intramolecular Hbond substituents is 4. The van der Waals surface area contributed by atoms with E-state index in [1.54, 1.807) is 30.4 Å². The second kappa shape index (κ2) is 7.77. The zero-order chi connectivity index (χ0) is 17.6. The van der Waals surface area contributed by atoms with E-state index in [1.807, 2.05) is 0 Å². The molecule has 0 atom stereocenters. The maximum absolute atomic E-state index is 9.77. The third-order valence-electron chi connectivity index (χ3n) is 3.03. The summed E-state index contributed by atoms with van der Waals surface area (Å²) in [4.78, 5) is 0. The molecule has 0 aromatic heterocycles. The van der Waals surface area contributed by atoms with Crippen LogP contribution in [0.2, 0.25) is 0 Å². The van der Waals surface area contributed by atoms with Crippen molar-refractivity contribution in [1.82, 2.24) is 0 Å². The summed E-state index contributed by atoms with van der Waals surface area (Å²) in [6, 6.07) is 6.06. The summed E-state index contributed by atoms with van der Waals surface area (Å²) in [6.07, 6.45) is 3.32. The van der Waals surface area contributed by atoms with Crippen LogP contribution < -0.4 is 5.32 Å². The molecule has 0 spiro atoms. The summed E-state index contributed by atoms with van der Waals surface area (Å²) >= 11 is 0. The highest BCUT2D eigenvalue weighted by atomic mass is 16.3. The lowest BCUT2D eigenvalue weighted by atomic mass is 10.1. The smallest absolute Gasteiger partial charge is 0.185 e. The molecular formula is C17H19NO5. The number of anilines is 2. The Morgan fingerprint density at radius 2 is 1.35 bits per heavy atom. The Kier molecular flexibility index (Phi) is 6.05. The number of hydrogen-bond acceptors (Lipinski definition) is 6. The van der Waals surface area contributed by atoms with Crippen LogP contribution in [0.5, 0.6) is 23.0 Å². The molecule has 122 valence electrons. The van der Waals surface area contributed by atoms with Gasteiger partial charge in [-0.15, -0.1) is 0 Å². The van der Waals surface area contributed by atoms with Crippen molar-refractivity contribution in [3.05, 3.63) is 48.6 Å². The number of phenols is 4. The molecule has 0 radical (unpaired) electrons. The highest BCUT2D eigenvalue weighted by molar-refractivity contribution is 5.80. The number of aliphatic hydroxyl groups excluding tert-OH is 1. The van der Waals surface area contributed by atoms with Crippen molar-refractivity contribution >= 4 is 23.5 Å². The molecule has 0 saturated heterocycles. The molecule has 0 fully saturated rings. The zero-order valence-electron chi connectivity index (χ0n) is 12.6. The Morgan fingerprint density at radius 3 is 1.83 bits per heavy atom. The van der Waals surface area contributed by atoms with Gasteiger partial charge in [-0.3, -0.25) is 0 Å². The van der Waals surface area contributed by atoms with Crippen LogP contribution in [0.3, 0.4) is 0 Å². The van der Waals surface area contributed by atoms with Crippen molar-refractivity contribution in [1.29, 1.82) is 0 Å². The summed E-state index contributed by atoms with van der Waals surface area (Å²) in [5.41, 5.74) is 2.03. The Morgan fingerprint density at radius 1 is 0.826 bits per heavy atom. The predicted octanol–water partition coefficient (Wildman–Crippen LogP) is 3.15. The lowest BCUT2D eigenvalue weighted by molar-refractivity contribution is 0.376. The first-order chi connectivity index (χ1) is 11.0. The van der Waals surface area contributed by atoms with Crippen molar-refractivity contribution < 1.29 is 25.5 Å². The van der Waals surface area contributed by atoms with Crippen LogP contribution >= 0.6 is 0 Å². The number of hydrogen-bond donors (Lipinski definition) is 6. The SMILES string of the molecule is C=Cc1ccc(Nc2c(O)c(O)cc(O)c2O)cc1C=C.CO. The van der Waals surface area contributed by atoms with Crippen molar-refractivity contribution in [3.8, 4) is 23.0 Å². The lowest BCUT2D eigenvalue weighted by Crippen LogP contribution is -1.93. The van der Waals surface area contributed by atoms with E-state index in [2.05, 4.69) is 18.5 Å². The number of nitrogens with one attached hydrogen (secondary N) is 1. The third-order valence-corrected chi connectivity index (χ3v) is 3.03. The van der Waals surface area contributed by atoms with E-state index < -0.39 is 23.0 Å². The Hall–Kier alpha value is -3.12. The van der Waals surface area contributed by atoms with Crippen LogP contribution in [0.25, 0.3) is 12.2 Å². The van der Waals surface area contributed by atoms with Gasteiger partial charge in [-0.1, -0.05) is 31.4 Å². The van der Waals surface area contributed by atoms with Crippen LogP contribution in [-0.4, -0.2) is 32.6 Å². The van der Waals surface area contributed by atoms with Crippen LogP contribution in [-0.2, 0) is 0 Å². The molecule has 2 aromatic rings. The van der Waals surface area contributed by atoms with Crippen LogP contribution in [0.4, 0.5) is 11.4 Å². The van der Waals surface area contributed by atoms with Gasteiger partial charge in [-0.05, 0) is 23.3 Å². The lowest BCUT2D eigenvalue weighted by Gasteiger charge is -2.13. The molecule has 0 aliphatic carbocycles. The molecule has 0 amide bonds. The van der Waals surface area contributed by atoms with Gasteiger partial charge in [0, 0.05) is 18.9 Å². The molecule has 0 aliphatic rings. The largest absolute Gasteiger partial charge is 0.504 e. The van der Waals surface area contributed by atoms with Crippen LogP contribution in [0.15, 0.2) is 37.4 Å². The molecule has 23 heavy (non-hydrogen) atoms.